The van der Waals surface area contributed by atoms with Crippen molar-refractivity contribution in [2.24, 2.45) is 23.2 Å². The molecular weight excluding hydrogens is 194 g/mol. The minimum Gasteiger partial charge on any atom is -0.314 e. The summed E-state index contributed by atoms with van der Waals surface area (Å²) in [6.45, 7) is 6.17. The topological polar surface area (TPSA) is 12.0 Å². The monoisotopic (exact) mass is 221 g/mol. The summed E-state index contributed by atoms with van der Waals surface area (Å²) in [6.07, 6.45) is 10.5. The molecule has 3 saturated carbocycles. The molecule has 1 N–H and O–H groups in total. The zero-order chi connectivity index (χ0) is 11.2. The molecule has 1 heteroatoms. The average Bonchev–Trinajstić information content (AvgIpc) is 3.14. The van der Waals surface area contributed by atoms with Crippen molar-refractivity contribution in [3.63, 3.8) is 0 Å². The predicted octanol–water partition coefficient (Wildman–Crippen LogP) is 3.59. The third kappa shape index (κ3) is 2.16. The van der Waals surface area contributed by atoms with E-state index in [2.05, 4.69) is 19.2 Å². The first-order valence-electron chi connectivity index (χ1n) is 7.43. The Morgan fingerprint density at radius 3 is 2.69 bits per heavy atom. The Balaban J connectivity index is 1.50. The van der Waals surface area contributed by atoms with Crippen LogP contribution in [-0.2, 0) is 0 Å². The Kier molecular flexibility index (Phi) is 2.78. The lowest BCUT2D eigenvalue weighted by atomic mass is 9.73. The van der Waals surface area contributed by atoms with Gasteiger partial charge in [0.25, 0.3) is 0 Å². The molecule has 92 valence electrons. The molecule has 3 atom stereocenters. The van der Waals surface area contributed by atoms with Gasteiger partial charge in [0.05, 0.1) is 0 Å². The van der Waals surface area contributed by atoms with Crippen LogP contribution in [0.5, 0.6) is 0 Å². The molecule has 0 bridgehead atoms. The van der Waals surface area contributed by atoms with E-state index in [1.54, 1.807) is 6.42 Å². The van der Waals surface area contributed by atoms with Crippen molar-refractivity contribution in [3.8, 4) is 0 Å². The molecule has 0 amide bonds. The van der Waals surface area contributed by atoms with Crippen LogP contribution < -0.4 is 5.32 Å². The first-order chi connectivity index (χ1) is 7.70. The minimum atomic E-state index is 0.801. The fraction of sp³-hybridized carbons (Fsp3) is 1.00. The van der Waals surface area contributed by atoms with E-state index < -0.39 is 0 Å². The smallest absolute Gasteiger partial charge is 0.00683 e. The Labute approximate surface area is 100 Å². The number of hydrogen-bond donors (Lipinski definition) is 1. The van der Waals surface area contributed by atoms with Crippen LogP contribution in [0.4, 0.5) is 0 Å². The van der Waals surface area contributed by atoms with E-state index in [1.165, 1.54) is 45.1 Å². The molecule has 0 heterocycles. The maximum Gasteiger partial charge on any atom is 0.00683 e. The van der Waals surface area contributed by atoms with Crippen LogP contribution in [0.25, 0.3) is 0 Å². The van der Waals surface area contributed by atoms with Gasteiger partial charge < -0.3 is 5.32 Å². The van der Waals surface area contributed by atoms with Gasteiger partial charge in [-0.25, -0.2) is 0 Å². The van der Waals surface area contributed by atoms with Gasteiger partial charge in [-0.2, -0.15) is 0 Å². The fourth-order valence-electron chi connectivity index (χ4n) is 3.88. The fourth-order valence-corrected chi connectivity index (χ4v) is 3.88. The molecule has 16 heavy (non-hydrogen) atoms. The van der Waals surface area contributed by atoms with Gasteiger partial charge in [-0.05, 0) is 61.8 Å². The number of rotatable bonds is 4. The van der Waals surface area contributed by atoms with Crippen LogP contribution in [0.1, 0.15) is 58.8 Å². The van der Waals surface area contributed by atoms with E-state index in [4.69, 9.17) is 0 Å². The van der Waals surface area contributed by atoms with Gasteiger partial charge in [0.1, 0.15) is 0 Å². The number of hydrogen-bond acceptors (Lipinski definition) is 1. The van der Waals surface area contributed by atoms with Crippen molar-refractivity contribution in [2.75, 3.05) is 6.54 Å². The SMILES string of the molecule is CC(C)C1CCCC2(C1)CC2CNC1CC1. The molecule has 3 fully saturated rings. The van der Waals surface area contributed by atoms with Gasteiger partial charge >= 0.3 is 0 Å². The lowest BCUT2D eigenvalue weighted by Crippen LogP contribution is -2.26. The highest BCUT2D eigenvalue weighted by molar-refractivity contribution is 5.06. The molecule has 0 aliphatic heterocycles. The second-order valence-corrected chi connectivity index (χ2v) is 7.05. The molecule has 0 saturated heterocycles. The summed E-state index contributed by atoms with van der Waals surface area (Å²) >= 11 is 0. The molecule has 3 rings (SSSR count). The van der Waals surface area contributed by atoms with Gasteiger partial charge in [0.15, 0.2) is 0 Å². The van der Waals surface area contributed by atoms with Gasteiger partial charge in [0, 0.05) is 6.04 Å². The predicted molar refractivity (Wildman–Crippen MR) is 68.4 cm³/mol. The molecule has 0 aromatic heterocycles. The van der Waals surface area contributed by atoms with E-state index >= 15 is 0 Å². The zero-order valence-corrected chi connectivity index (χ0v) is 11.0. The van der Waals surface area contributed by atoms with Crippen LogP contribution in [0, 0.1) is 23.2 Å². The van der Waals surface area contributed by atoms with Crippen molar-refractivity contribution in [3.05, 3.63) is 0 Å². The molecular formula is C15H27N. The average molecular weight is 221 g/mol. The molecule has 3 aliphatic carbocycles. The Morgan fingerprint density at radius 2 is 2.00 bits per heavy atom. The highest BCUT2D eigenvalue weighted by Gasteiger charge is 2.55. The van der Waals surface area contributed by atoms with E-state index in [9.17, 15) is 0 Å². The maximum atomic E-state index is 3.73. The lowest BCUT2D eigenvalue weighted by Gasteiger charge is -2.33. The Morgan fingerprint density at radius 1 is 1.19 bits per heavy atom. The highest BCUT2D eigenvalue weighted by Crippen LogP contribution is 2.63. The van der Waals surface area contributed by atoms with Gasteiger partial charge in [-0.3, -0.25) is 0 Å². The van der Waals surface area contributed by atoms with Gasteiger partial charge in [-0.1, -0.05) is 26.7 Å². The summed E-state index contributed by atoms with van der Waals surface area (Å²) in [5.41, 5.74) is 0.801. The van der Waals surface area contributed by atoms with Crippen molar-refractivity contribution in [1.29, 1.82) is 0 Å². The first-order valence-corrected chi connectivity index (χ1v) is 7.43. The lowest BCUT2D eigenvalue weighted by molar-refractivity contribution is 0.185. The molecule has 1 spiro atoms. The van der Waals surface area contributed by atoms with Crippen molar-refractivity contribution in [2.45, 2.75) is 64.8 Å². The third-order valence-corrected chi connectivity index (χ3v) is 5.45. The van der Waals surface area contributed by atoms with Crippen LogP contribution >= 0.6 is 0 Å². The Bertz CT molecular complexity index is 256. The standard InChI is InChI=1S/C15H27N/c1-11(2)12-4-3-7-15(8-12)9-13(15)10-16-14-5-6-14/h11-14,16H,3-10H2,1-2H3. The molecule has 3 aliphatic rings. The van der Waals surface area contributed by atoms with Crippen LogP contribution in [-0.4, -0.2) is 12.6 Å². The Hall–Kier alpha value is -0.0400. The summed E-state index contributed by atoms with van der Waals surface area (Å²) < 4.78 is 0. The summed E-state index contributed by atoms with van der Waals surface area (Å²) in [5.74, 6) is 2.98. The maximum absolute atomic E-state index is 3.73. The van der Waals surface area contributed by atoms with Crippen LogP contribution in [0.2, 0.25) is 0 Å². The molecule has 0 aromatic carbocycles. The van der Waals surface area contributed by atoms with Crippen molar-refractivity contribution in [1.82, 2.24) is 5.32 Å². The number of nitrogens with one attached hydrogen (secondary N) is 1. The molecule has 3 unspecified atom stereocenters. The van der Waals surface area contributed by atoms with Crippen molar-refractivity contribution < 1.29 is 0 Å². The van der Waals surface area contributed by atoms with E-state index in [-0.39, 0.29) is 0 Å². The summed E-state index contributed by atoms with van der Waals surface area (Å²) in [6, 6.07) is 0.905. The summed E-state index contributed by atoms with van der Waals surface area (Å²) in [5, 5.41) is 3.73. The van der Waals surface area contributed by atoms with Crippen molar-refractivity contribution >= 4 is 0 Å². The van der Waals surface area contributed by atoms with E-state index in [1.807, 2.05) is 0 Å². The molecule has 0 aromatic rings. The highest BCUT2D eigenvalue weighted by atomic mass is 15.0. The largest absolute Gasteiger partial charge is 0.314 e. The summed E-state index contributed by atoms with van der Waals surface area (Å²) in [4.78, 5) is 0. The molecule has 1 nitrogen and oxygen atoms in total. The molecule has 0 radical (unpaired) electrons. The zero-order valence-electron chi connectivity index (χ0n) is 11.0. The van der Waals surface area contributed by atoms with Gasteiger partial charge in [0.2, 0.25) is 0 Å². The quantitative estimate of drug-likeness (QED) is 0.765. The van der Waals surface area contributed by atoms with E-state index in [0.717, 1.165) is 29.2 Å². The minimum absolute atomic E-state index is 0.801. The third-order valence-electron chi connectivity index (χ3n) is 5.45. The normalized spacial score (nSPS) is 42.9. The second kappa shape index (κ2) is 4.01. The van der Waals surface area contributed by atoms with Crippen LogP contribution in [0.3, 0.4) is 0 Å². The van der Waals surface area contributed by atoms with Crippen LogP contribution in [0.15, 0.2) is 0 Å². The summed E-state index contributed by atoms with van der Waals surface area (Å²) in [7, 11) is 0. The first kappa shape index (κ1) is 11.1. The van der Waals surface area contributed by atoms with E-state index in [0.29, 0.717) is 0 Å². The van der Waals surface area contributed by atoms with Gasteiger partial charge in [-0.15, -0.1) is 0 Å². The second-order valence-electron chi connectivity index (χ2n) is 7.05.